The minimum absolute atomic E-state index is 0.160. The highest BCUT2D eigenvalue weighted by molar-refractivity contribution is 6.21. The van der Waals surface area contributed by atoms with Gasteiger partial charge in [-0.2, -0.15) is 0 Å². The molecule has 4 heteroatoms. The number of alkyl halides is 1. The molecule has 0 saturated heterocycles. The molecule has 2 rings (SSSR count). The third-order valence-corrected chi connectivity index (χ3v) is 4.01. The van der Waals surface area contributed by atoms with Crippen molar-refractivity contribution >= 4 is 17.5 Å². The summed E-state index contributed by atoms with van der Waals surface area (Å²) < 4.78 is 1.98. The Morgan fingerprint density at radius 3 is 2.79 bits per heavy atom. The van der Waals surface area contributed by atoms with Crippen molar-refractivity contribution in [1.82, 2.24) is 9.55 Å². The van der Waals surface area contributed by atoms with Gasteiger partial charge in [-0.25, -0.2) is 4.98 Å². The summed E-state index contributed by atoms with van der Waals surface area (Å²) in [6.45, 7) is 4.38. The van der Waals surface area contributed by atoms with Crippen LogP contribution in [0.1, 0.15) is 20.3 Å². The molecule has 0 radical (unpaired) electrons. The summed E-state index contributed by atoms with van der Waals surface area (Å²) in [6, 6.07) is 0.436. The zero-order chi connectivity index (χ0) is 10.3. The first-order chi connectivity index (χ1) is 6.51. The van der Waals surface area contributed by atoms with Gasteiger partial charge in [0.05, 0.1) is 0 Å². The molecule has 0 amide bonds. The first-order valence-corrected chi connectivity index (χ1v) is 5.33. The molecule has 0 aliphatic heterocycles. The van der Waals surface area contributed by atoms with Gasteiger partial charge in [0.2, 0.25) is 5.95 Å². The predicted molar refractivity (Wildman–Crippen MR) is 58.7 cm³/mol. The third-order valence-electron chi connectivity index (χ3n) is 3.27. The van der Waals surface area contributed by atoms with Crippen LogP contribution in [0.2, 0.25) is 0 Å². The Morgan fingerprint density at radius 1 is 1.64 bits per heavy atom. The van der Waals surface area contributed by atoms with Crippen molar-refractivity contribution in [1.29, 1.82) is 0 Å². The zero-order valence-corrected chi connectivity index (χ0v) is 9.54. The second-order valence-electron chi connectivity index (χ2n) is 4.58. The molecular formula is C10H16ClN3. The second-order valence-corrected chi connectivity index (χ2v) is 5.11. The summed E-state index contributed by atoms with van der Waals surface area (Å²) in [6.07, 6.45) is 4.75. The van der Waals surface area contributed by atoms with Crippen LogP contribution in [0.5, 0.6) is 0 Å². The fraction of sp³-hybridized carbons (Fsp3) is 0.700. The van der Waals surface area contributed by atoms with Crippen molar-refractivity contribution in [3.8, 4) is 0 Å². The van der Waals surface area contributed by atoms with E-state index in [1.54, 1.807) is 6.20 Å². The van der Waals surface area contributed by atoms with E-state index in [-0.39, 0.29) is 10.8 Å². The van der Waals surface area contributed by atoms with Crippen LogP contribution in [0.4, 0.5) is 5.95 Å². The maximum absolute atomic E-state index is 6.15. The van der Waals surface area contributed by atoms with Gasteiger partial charge in [-0.05, 0) is 6.42 Å². The van der Waals surface area contributed by atoms with Crippen molar-refractivity contribution in [3.05, 3.63) is 12.4 Å². The minimum Gasteiger partial charge on any atom is -0.352 e. The molecule has 78 valence electrons. The monoisotopic (exact) mass is 213 g/mol. The Morgan fingerprint density at radius 2 is 2.36 bits per heavy atom. The van der Waals surface area contributed by atoms with E-state index in [2.05, 4.69) is 24.1 Å². The van der Waals surface area contributed by atoms with E-state index < -0.39 is 0 Å². The van der Waals surface area contributed by atoms with Gasteiger partial charge in [-0.1, -0.05) is 13.8 Å². The Hall–Kier alpha value is -0.700. The van der Waals surface area contributed by atoms with Crippen molar-refractivity contribution in [2.24, 2.45) is 12.5 Å². The lowest BCUT2D eigenvalue weighted by Crippen LogP contribution is -2.54. The van der Waals surface area contributed by atoms with Crippen LogP contribution < -0.4 is 5.32 Å². The number of hydrogen-bond acceptors (Lipinski definition) is 2. The fourth-order valence-corrected chi connectivity index (χ4v) is 2.11. The van der Waals surface area contributed by atoms with Crippen LogP contribution >= 0.6 is 11.6 Å². The highest BCUT2D eigenvalue weighted by atomic mass is 35.5. The molecule has 1 aromatic rings. The topological polar surface area (TPSA) is 29.9 Å². The number of nitrogens with one attached hydrogen (secondary N) is 1. The van der Waals surface area contributed by atoms with Crippen LogP contribution in [0.3, 0.4) is 0 Å². The van der Waals surface area contributed by atoms with Gasteiger partial charge < -0.3 is 9.88 Å². The van der Waals surface area contributed by atoms with E-state index in [9.17, 15) is 0 Å². The smallest absolute Gasteiger partial charge is 0.202 e. The molecule has 2 atom stereocenters. The SMILES string of the molecule is Cn1ccnc1NC1CC(Cl)C1(C)C. The maximum atomic E-state index is 6.15. The molecule has 1 fully saturated rings. The van der Waals surface area contributed by atoms with Crippen molar-refractivity contribution in [3.63, 3.8) is 0 Å². The third kappa shape index (κ3) is 1.40. The number of aromatic nitrogens is 2. The lowest BCUT2D eigenvalue weighted by Gasteiger charge is -2.49. The van der Waals surface area contributed by atoms with Crippen molar-refractivity contribution in [2.45, 2.75) is 31.7 Å². The first-order valence-electron chi connectivity index (χ1n) is 4.89. The average Bonchev–Trinajstić information content (AvgIpc) is 2.51. The van der Waals surface area contributed by atoms with Crippen LogP contribution in [-0.4, -0.2) is 21.0 Å². The zero-order valence-electron chi connectivity index (χ0n) is 8.79. The average molecular weight is 214 g/mol. The maximum Gasteiger partial charge on any atom is 0.202 e. The van der Waals surface area contributed by atoms with Crippen molar-refractivity contribution in [2.75, 3.05) is 5.32 Å². The number of halogens is 1. The molecule has 1 aliphatic rings. The van der Waals surface area contributed by atoms with E-state index in [0.29, 0.717) is 6.04 Å². The lowest BCUT2D eigenvalue weighted by atomic mass is 9.67. The molecule has 1 saturated carbocycles. The summed E-state index contributed by atoms with van der Waals surface area (Å²) in [7, 11) is 1.99. The standard InChI is InChI=1S/C10H16ClN3/c1-10(2)7(11)6-8(10)13-9-12-4-5-14(9)3/h4-5,7-8H,6H2,1-3H3,(H,12,13). The van der Waals surface area contributed by atoms with Gasteiger partial charge in [0.15, 0.2) is 0 Å². The van der Waals surface area contributed by atoms with Gasteiger partial charge in [0.1, 0.15) is 0 Å². The lowest BCUT2D eigenvalue weighted by molar-refractivity contribution is 0.167. The number of imidazole rings is 1. The molecule has 0 spiro atoms. The Labute approximate surface area is 89.5 Å². The summed E-state index contributed by atoms with van der Waals surface area (Å²) in [5, 5.41) is 3.69. The number of aryl methyl sites for hydroxylation is 1. The van der Waals surface area contributed by atoms with E-state index in [4.69, 9.17) is 11.6 Å². The number of nitrogens with zero attached hydrogens (tertiary/aromatic N) is 2. The molecule has 3 nitrogen and oxygen atoms in total. The number of hydrogen-bond donors (Lipinski definition) is 1. The largest absolute Gasteiger partial charge is 0.352 e. The molecule has 1 N–H and O–H groups in total. The van der Waals surface area contributed by atoms with Gasteiger partial charge in [0, 0.05) is 36.3 Å². The number of rotatable bonds is 2. The molecule has 1 aromatic heterocycles. The highest BCUT2D eigenvalue weighted by Gasteiger charge is 2.47. The Kier molecular flexibility index (Phi) is 2.22. The second kappa shape index (κ2) is 3.16. The molecule has 1 heterocycles. The van der Waals surface area contributed by atoms with Crippen LogP contribution in [-0.2, 0) is 7.05 Å². The van der Waals surface area contributed by atoms with Crippen LogP contribution in [0.15, 0.2) is 12.4 Å². The summed E-state index contributed by atoms with van der Waals surface area (Å²) in [5.41, 5.74) is 0.160. The number of anilines is 1. The van der Waals surface area contributed by atoms with E-state index in [1.807, 2.05) is 17.8 Å². The summed E-state index contributed by atoms with van der Waals surface area (Å²) in [4.78, 5) is 4.24. The predicted octanol–water partition coefficient (Wildman–Crippen LogP) is 2.24. The van der Waals surface area contributed by atoms with Crippen LogP contribution in [0.25, 0.3) is 0 Å². The molecule has 2 unspecified atom stereocenters. The van der Waals surface area contributed by atoms with Crippen LogP contribution in [0, 0.1) is 5.41 Å². The highest BCUT2D eigenvalue weighted by Crippen LogP contribution is 2.45. The summed E-state index contributed by atoms with van der Waals surface area (Å²) >= 11 is 6.15. The Balaban J connectivity index is 2.04. The molecule has 1 aliphatic carbocycles. The normalized spacial score (nSPS) is 29.7. The summed E-state index contributed by atoms with van der Waals surface area (Å²) in [5.74, 6) is 0.923. The van der Waals surface area contributed by atoms with Gasteiger partial charge in [-0.3, -0.25) is 0 Å². The molecular weight excluding hydrogens is 198 g/mol. The molecule has 0 aromatic carbocycles. The van der Waals surface area contributed by atoms with E-state index in [0.717, 1.165) is 12.4 Å². The molecule has 14 heavy (non-hydrogen) atoms. The van der Waals surface area contributed by atoms with Crippen molar-refractivity contribution < 1.29 is 0 Å². The van der Waals surface area contributed by atoms with Gasteiger partial charge in [0.25, 0.3) is 0 Å². The van der Waals surface area contributed by atoms with Gasteiger partial charge in [-0.15, -0.1) is 11.6 Å². The van der Waals surface area contributed by atoms with E-state index in [1.165, 1.54) is 0 Å². The van der Waals surface area contributed by atoms with Gasteiger partial charge >= 0.3 is 0 Å². The van der Waals surface area contributed by atoms with E-state index >= 15 is 0 Å². The quantitative estimate of drug-likeness (QED) is 0.764. The first kappa shape index (κ1) is 9.84. The molecule has 0 bridgehead atoms. The fourth-order valence-electron chi connectivity index (χ4n) is 1.78. The Bertz CT molecular complexity index is 332. The minimum atomic E-state index is 0.160.